The smallest absolute Gasteiger partial charge is 0.408 e. The molecule has 6 nitrogen and oxygen atoms in total. The van der Waals surface area contributed by atoms with Crippen LogP contribution in [-0.2, 0) is 11.3 Å². The fourth-order valence-electron chi connectivity index (χ4n) is 2.82. The van der Waals surface area contributed by atoms with Crippen molar-refractivity contribution >= 4 is 43.7 Å². The number of thiazole rings is 1. The van der Waals surface area contributed by atoms with Crippen LogP contribution in [0.5, 0.6) is 0 Å². The zero-order chi connectivity index (χ0) is 19.0. The van der Waals surface area contributed by atoms with Gasteiger partial charge in [0.1, 0.15) is 11.3 Å². The Balaban J connectivity index is 1.41. The lowest BCUT2D eigenvalue weighted by molar-refractivity contribution is -0.116. The van der Waals surface area contributed by atoms with Crippen LogP contribution in [0.4, 0.5) is 13.9 Å². The average Bonchev–Trinajstić information content (AvgIpc) is 3.15. The number of halogens is 2. The molecule has 4 aromatic rings. The Morgan fingerprint density at radius 3 is 2.93 bits per heavy atom. The molecule has 27 heavy (non-hydrogen) atoms. The van der Waals surface area contributed by atoms with E-state index in [2.05, 4.69) is 10.3 Å². The first-order chi connectivity index (χ1) is 13.0. The number of nitrogens with zero attached hydrogens (tertiary/aromatic N) is 2. The summed E-state index contributed by atoms with van der Waals surface area (Å²) in [6.45, 7) is 0.322. The van der Waals surface area contributed by atoms with Crippen LogP contribution in [0.2, 0.25) is 0 Å². The van der Waals surface area contributed by atoms with E-state index in [4.69, 9.17) is 4.42 Å². The maximum Gasteiger partial charge on any atom is 0.419 e. The lowest BCUT2D eigenvalue weighted by Crippen LogP contribution is -2.17. The van der Waals surface area contributed by atoms with Crippen molar-refractivity contribution in [2.24, 2.45) is 0 Å². The van der Waals surface area contributed by atoms with Crippen LogP contribution in [-0.4, -0.2) is 15.5 Å². The number of amides is 1. The summed E-state index contributed by atoms with van der Waals surface area (Å²) >= 11 is 0.996. The number of oxazole rings is 1. The summed E-state index contributed by atoms with van der Waals surface area (Å²) in [5, 5.41) is 2.78. The first-order valence-corrected chi connectivity index (χ1v) is 8.97. The fourth-order valence-corrected chi connectivity index (χ4v) is 3.74. The third kappa shape index (κ3) is 3.45. The molecule has 2 aromatic heterocycles. The van der Waals surface area contributed by atoms with Crippen molar-refractivity contribution in [1.82, 2.24) is 9.55 Å². The van der Waals surface area contributed by atoms with Crippen molar-refractivity contribution < 1.29 is 18.0 Å². The number of carbonyl (C=O) groups excluding carboxylic acids is 1. The Hall–Kier alpha value is -3.07. The molecule has 138 valence electrons. The van der Waals surface area contributed by atoms with Crippen LogP contribution in [0.1, 0.15) is 12.8 Å². The molecule has 4 rings (SSSR count). The number of hydrogen-bond donors (Lipinski definition) is 1. The molecule has 0 saturated carbocycles. The summed E-state index contributed by atoms with van der Waals surface area (Å²) in [5.41, 5.74) is 1.19. The number of hydrogen-bond acceptors (Lipinski definition) is 5. The SMILES string of the molecule is O=C(CCCn1c(=O)oc2ccccc21)Nc1nc2c(F)cc(F)cc2s1. The second kappa shape index (κ2) is 6.92. The van der Waals surface area contributed by atoms with Crippen LogP contribution >= 0.6 is 11.3 Å². The number of nitrogens with one attached hydrogen (secondary N) is 1. The van der Waals surface area contributed by atoms with Gasteiger partial charge in [-0.05, 0) is 24.6 Å². The topological polar surface area (TPSA) is 77.1 Å². The summed E-state index contributed by atoms with van der Waals surface area (Å²) in [7, 11) is 0. The Bertz CT molecular complexity index is 1210. The number of benzene rings is 2. The molecule has 1 N–H and O–H groups in total. The Labute approximate surface area is 155 Å². The number of aromatic nitrogens is 2. The van der Waals surface area contributed by atoms with Crippen LogP contribution in [0.15, 0.2) is 45.6 Å². The number of para-hydroxylation sites is 2. The minimum atomic E-state index is -0.770. The third-order valence-corrected chi connectivity index (χ3v) is 4.94. The van der Waals surface area contributed by atoms with Crippen LogP contribution in [0.3, 0.4) is 0 Å². The molecule has 0 spiro atoms. The van der Waals surface area contributed by atoms with E-state index < -0.39 is 17.4 Å². The van der Waals surface area contributed by atoms with Crippen LogP contribution in [0.25, 0.3) is 21.3 Å². The van der Waals surface area contributed by atoms with E-state index in [0.29, 0.717) is 28.8 Å². The van der Waals surface area contributed by atoms with E-state index in [1.165, 1.54) is 10.6 Å². The highest BCUT2D eigenvalue weighted by Crippen LogP contribution is 2.28. The molecular weight excluding hydrogens is 376 g/mol. The van der Waals surface area contributed by atoms with E-state index in [9.17, 15) is 18.4 Å². The molecule has 0 aliphatic carbocycles. The molecule has 2 aromatic carbocycles. The molecule has 0 radical (unpaired) electrons. The van der Waals surface area contributed by atoms with Gasteiger partial charge in [-0.1, -0.05) is 23.5 Å². The van der Waals surface area contributed by atoms with Gasteiger partial charge in [0.2, 0.25) is 5.91 Å². The van der Waals surface area contributed by atoms with Gasteiger partial charge in [-0.25, -0.2) is 18.6 Å². The van der Waals surface area contributed by atoms with Crippen LogP contribution in [0, 0.1) is 11.6 Å². The Kier molecular flexibility index (Phi) is 4.44. The lowest BCUT2D eigenvalue weighted by atomic mass is 10.3. The molecule has 0 bridgehead atoms. The Morgan fingerprint density at radius 2 is 2.07 bits per heavy atom. The number of rotatable bonds is 5. The van der Waals surface area contributed by atoms with Gasteiger partial charge in [0.05, 0.1) is 10.2 Å². The van der Waals surface area contributed by atoms with Gasteiger partial charge in [0.25, 0.3) is 0 Å². The fraction of sp³-hybridized carbons (Fsp3) is 0.167. The highest BCUT2D eigenvalue weighted by atomic mass is 32.1. The number of fused-ring (bicyclic) bond motifs is 2. The minimum absolute atomic E-state index is 0.0214. The third-order valence-electron chi connectivity index (χ3n) is 4.02. The second-order valence-electron chi connectivity index (χ2n) is 5.89. The van der Waals surface area contributed by atoms with Crippen LogP contribution < -0.4 is 11.1 Å². The molecule has 9 heteroatoms. The van der Waals surface area contributed by atoms with Gasteiger partial charge < -0.3 is 9.73 Å². The predicted molar refractivity (Wildman–Crippen MR) is 97.9 cm³/mol. The van der Waals surface area contributed by atoms with Gasteiger partial charge in [-0.3, -0.25) is 9.36 Å². The molecule has 0 saturated heterocycles. The maximum atomic E-state index is 13.7. The van der Waals surface area contributed by atoms with Crippen molar-refractivity contribution in [3.63, 3.8) is 0 Å². The summed E-state index contributed by atoms with van der Waals surface area (Å²) in [4.78, 5) is 28.0. The molecule has 0 atom stereocenters. The molecule has 0 aliphatic heterocycles. The molecular formula is C18H13F2N3O3S. The van der Waals surface area contributed by atoms with Crippen molar-refractivity contribution in [2.75, 3.05) is 5.32 Å². The molecule has 0 fully saturated rings. The number of anilines is 1. The predicted octanol–water partition coefficient (Wildman–Crippen LogP) is 3.90. The van der Waals surface area contributed by atoms with E-state index in [-0.39, 0.29) is 23.0 Å². The minimum Gasteiger partial charge on any atom is -0.408 e. The van der Waals surface area contributed by atoms with Crippen molar-refractivity contribution in [3.05, 3.63) is 58.6 Å². The molecule has 0 unspecified atom stereocenters. The van der Waals surface area contributed by atoms with E-state index >= 15 is 0 Å². The quantitative estimate of drug-likeness (QED) is 0.562. The summed E-state index contributed by atoms with van der Waals surface area (Å²) in [6.07, 6.45) is 0.544. The molecule has 0 aliphatic rings. The van der Waals surface area contributed by atoms with Gasteiger partial charge in [-0.2, -0.15) is 0 Å². The largest absolute Gasteiger partial charge is 0.419 e. The van der Waals surface area contributed by atoms with E-state index in [1.54, 1.807) is 24.3 Å². The van der Waals surface area contributed by atoms with E-state index in [1.807, 2.05) is 0 Å². The van der Waals surface area contributed by atoms with Crippen molar-refractivity contribution in [2.45, 2.75) is 19.4 Å². The van der Waals surface area contributed by atoms with Gasteiger partial charge in [-0.15, -0.1) is 0 Å². The zero-order valence-electron chi connectivity index (χ0n) is 13.9. The maximum absolute atomic E-state index is 13.7. The Morgan fingerprint density at radius 1 is 1.26 bits per heavy atom. The highest BCUT2D eigenvalue weighted by molar-refractivity contribution is 7.22. The monoisotopic (exact) mass is 389 g/mol. The van der Waals surface area contributed by atoms with Crippen molar-refractivity contribution in [3.8, 4) is 0 Å². The lowest BCUT2D eigenvalue weighted by Gasteiger charge is -2.03. The normalized spacial score (nSPS) is 11.3. The number of aryl methyl sites for hydroxylation is 1. The summed E-state index contributed by atoms with van der Waals surface area (Å²) < 4.78 is 33.8. The molecule has 2 heterocycles. The van der Waals surface area contributed by atoms with Gasteiger partial charge >= 0.3 is 5.76 Å². The summed E-state index contributed by atoms with van der Waals surface area (Å²) in [5.74, 6) is -2.26. The summed E-state index contributed by atoms with van der Waals surface area (Å²) in [6, 6.07) is 8.97. The van der Waals surface area contributed by atoms with Crippen molar-refractivity contribution in [1.29, 1.82) is 0 Å². The average molecular weight is 389 g/mol. The van der Waals surface area contributed by atoms with E-state index in [0.717, 1.165) is 17.4 Å². The van der Waals surface area contributed by atoms with Gasteiger partial charge in [0.15, 0.2) is 16.5 Å². The second-order valence-corrected chi connectivity index (χ2v) is 6.92. The standard InChI is InChI=1S/C18H13F2N3O3S/c19-10-8-11(20)16-14(9-10)27-17(22-16)21-15(24)6-3-7-23-12-4-1-2-5-13(12)26-18(23)25/h1-2,4-5,8-9H,3,6-7H2,(H,21,22,24). The first-order valence-electron chi connectivity index (χ1n) is 8.15. The highest BCUT2D eigenvalue weighted by Gasteiger charge is 2.13. The molecule has 1 amide bonds. The number of carbonyl (C=O) groups is 1. The first kappa shape index (κ1) is 17.3. The van der Waals surface area contributed by atoms with Gasteiger partial charge in [0, 0.05) is 19.0 Å². The zero-order valence-corrected chi connectivity index (χ0v) is 14.7.